The molecule has 2 N–H and O–H groups in total. The lowest BCUT2D eigenvalue weighted by molar-refractivity contribution is 0.628. The Morgan fingerprint density at radius 1 is 1.32 bits per heavy atom. The minimum atomic E-state index is -0.398. The summed E-state index contributed by atoms with van der Waals surface area (Å²) in [5.74, 6) is -0.0325. The van der Waals surface area contributed by atoms with Crippen LogP contribution in [0.3, 0.4) is 0 Å². The fourth-order valence-electron chi connectivity index (χ4n) is 1.77. The van der Waals surface area contributed by atoms with Crippen LogP contribution in [-0.2, 0) is 7.05 Å². The Morgan fingerprint density at radius 2 is 2.16 bits per heavy atom. The van der Waals surface area contributed by atoms with Gasteiger partial charge in [0.15, 0.2) is 5.82 Å². The first kappa shape index (κ1) is 11.3. The third-order valence-electron chi connectivity index (χ3n) is 2.66. The zero-order valence-electron chi connectivity index (χ0n) is 10.0. The number of aromatic nitrogens is 6. The van der Waals surface area contributed by atoms with Crippen molar-refractivity contribution in [2.24, 2.45) is 7.05 Å². The maximum absolute atomic E-state index is 13.3. The van der Waals surface area contributed by atoms with E-state index in [1.165, 1.54) is 22.9 Å². The van der Waals surface area contributed by atoms with Gasteiger partial charge in [-0.3, -0.25) is 4.68 Å². The second kappa shape index (κ2) is 4.16. The molecule has 8 heteroatoms. The van der Waals surface area contributed by atoms with Crippen molar-refractivity contribution < 1.29 is 4.39 Å². The normalized spacial score (nSPS) is 10.8. The molecule has 0 saturated heterocycles. The van der Waals surface area contributed by atoms with Gasteiger partial charge < -0.3 is 5.73 Å². The largest absolute Gasteiger partial charge is 0.398 e. The van der Waals surface area contributed by atoms with Crippen LogP contribution in [0.15, 0.2) is 30.6 Å². The van der Waals surface area contributed by atoms with Crippen LogP contribution in [0.4, 0.5) is 10.1 Å². The smallest absolute Gasteiger partial charge is 0.189 e. The number of halogens is 1. The molecule has 0 amide bonds. The summed E-state index contributed by atoms with van der Waals surface area (Å²) in [6.45, 7) is 0. The number of tetrazole rings is 1. The van der Waals surface area contributed by atoms with Gasteiger partial charge in [0, 0.05) is 18.3 Å². The summed E-state index contributed by atoms with van der Waals surface area (Å²) in [5.41, 5.74) is 7.35. The molecule has 96 valence electrons. The molecule has 0 spiro atoms. The molecule has 0 unspecified atom stereocenters. The average Bonchev–Trinajstić information content (AvgIpc) is 3.00. The summed E-state index contributed by atoms with van der Waals surface area (Å²) >= 11 is 0. The number of aryl methyl sites for hydroxylation is 1. The van der Waals surface area contributed by atoms with E-state index in [1.807, 2.05) is 0 Å². The van der Waals surface area contributed by atoms with Crippen molar-refractivity contribution in [1.29, 1.82) is 0 Å². The van der Waals surface area contributed by atoms with Crippen LogP contribution in [-0.4, -0.2) is 30.0 Å². The molecule has 3 aromatic rings. The lowest BCUT2D eigenvalue weighted by atomic mass is 10.1. The number of nitrogens with two attached hydrogens (primary N) is 1. The second-order valence-electron chi connectivity index (χ2n) is 4.02. The summed E-state index contributed by atoms with van der Waals surface area (Å²) in [6.07, 6.45) is 3.35. The van der Waals surface area contributed by atoms with Crippen LogP contribution < -0.4 is 5.73 Å². The van der Waals surface area contributed by atoms with Crippen molar-refractivity contribution in [2.45, 2.75) is 0 Å². The van der Waals surface area contributed by atoms with Gasteiger partial charge in [-0.1, -0.05) is 0 Å². The fourth-order valence-corrected chi connectivity index (χ4v) is 1.77. The van der Waals surface area contributed by atoms with Gasteiger partial charge >= 0.3 is 0 Å². The van der Waals surface area contributed by atoms with Crippen LogP contribution in [0, 0.1) is 5.82 Å². The summed E-state index contributed by atoms with van der Waals surface area (Å²) in [4.78, 5) is 0. The number of anilines is 1. The van der Waals surface area contributed by atoms with Crippen LogP contribution in [0.1, 0.15) is 0 Å². The molecule has 7 nitrogen and oxygen atoms in total. The summed E-state index contributed by atoms with van der Waals surface area (Å²) in [6, 6.07) is 4.07. The summed E-state index contributed by atoms with van der Waals surface area (Å²) in [7, 11) is 1.78. The number of benzene rings is 1. The molecule has 0 aliphatic carbocycles. The van der Waals surface area contributed by atoms with Crippen LogP contribution in [0.2, 0.25) is 0 Å². The first-order valence-corrected chi connectivity index (χ1v) is 5.48. The van der Waals surface area contributed by atoms with Crippen molar-refractivity contribution in [3.05, 3.63) is 36.4 Å². The fraction of sp³-hybridized carbons (Fsp3) is 0.0909. The minimum absolute atomic E-state index is 0.366. The molecule has 1 aromatic carbocycles. The first-order valence-electron chi connectivity index (χ1n) is 5.48. The highest BCUT2D eigenvalue weighted by molar-refractivity contribution is 5.72. The van der Waals surface area contributed by atoms with Gasteiger partial charge in [0.1, 0.15) is 11.5 Å². The molecule has 0 bridgehead atoms. The van der Waals surface area contributed by atoms with Gasteiger partial charge in [-0.15, -0.1) is 5.10 Å². The number of nitrogens with zero attached hydrogens (tertiary/aromatic N) is 6. The third-order valence-corrected chi connectivity index (χ3v) is 2.66. The van der Waals surface area contributed by atoms with Gasteiger partial charge in [0.05, 0.1) is 12.4 Å². The number of hydrogen-bond donors (Lipinski definition) is 1. The number of hydrogen-bond acceptors (Lipinski definition) is 5. The van der Waals surface area contributed by atoms with Gasteiger partial charge in [-0.05, 0) is 28.6 Å². The van der Waals surface area contributed by atoms with Gasteiger partial charge in [-0.2, -0.15) is 9.78 Å². The van der Waals surface area contributed by atoms with E-state index in [9.17, 15) is 4.39 Å². The summed E-state index contributed by atoms with van der Waals surface area (Å²) < 4.78 is 16.4. The molecule has 0 aliphatic heterocycles. The standard InChI is InChI=1S/C11H10FN7/c1-18-6-8(5-14-18)19-11(15-16-17-19)9-4-7(12)2-3-10(9)13/h2-6H,13H2,1H3. The predicted octanol–water partition coefficient (Wildman–Crippen LogP) is 0.784. The van der Waals surface area contributed by atoms with Crippen molar-refractivity contribution in [3.63, 3.8) is 0 Å². The van der Waals surface area contributed by atoms with Crippen molar-refractivity contribution >= 4 is 5.69 Å². The maximum atomic E-state index is 13.3. The van der Waals surface area contributed by atoms with E-state index in [4.69, 9.17) is 5.73 Å². The van der Waals surface area contributed by atoms with E-state index in [1.54, 1.807) is 24.1 Å². The number of rotatable bonds is 2. The van der Waals surface area contributed by atoms with Crippen LogP contribution in [0.25, 0.3) is 17.1 Å². The second-order valence-corrected chi connectivity index (χ2v) is 4.02. The Balaban J connectivity index is 2.17. The highest BCUT2D eigenvalue weighted by Gasteiger charge is 2.15. The quantitative estimate of drug-likeness (QED) is 0.687. The topological polar surface area (TPSA) is 87.4 Å². The van der Waals surface area contributed by atoms with Crippen molar-refractivity contribution in [2.75, 3.05) is 5.73 Å². The first-order chi connectivity index (χ1) is 9.15. The monoisotopic (exact) mass is 259 g/mol. The predicted molar refractivity (Wildman–Crippen MR) is 65.7 cm³/mol. The van der Waals surface area contributed by atoms with E-state index in [0.717, 1.165) is 0 Å². The zero-order chi connectivity index (χ0) is 13.4. The molecule has 2 heterocycles. The molecule has 0 radical (unpaired) electrons. The number of nitrogen functional groups attached to an aromatic ring is 1. The highest BCUT2D eigenvalue weighted by Crippen LogP contribution is 2.25. The Hall–Kier alpha value is -2.77. The average molecular weight is 259 g/mol. The zero-order valence-corrected chi connectivity index (χ0v) is 10.0. The van der Waals surface area contributed by atoms with Crippen molar-refractivity contribution in [1.82, 2.24) is 30.0 Å². The Morgan fingerprint density at radius 3 is 2.89 bits per heavy atom. The molecular formula is C11H10FN7. The van der Waals surface area contributed by atoms with E-state index in [0.29, 0.717) is 22.8 Å². The minimum Gasteiger partial charge on any atom is -0.398 e. The van der Waals surface area contributed by atoms with Crippen molar-refractivity contribution in [3.8, 4) is 17.1 Å². The molecule has 19 heavy (non-hydrogen) atoms. The Labute approximate surface area is 107 Å². The molecule has 0 fully saturated rings. The molecule has 0 atom stereocenters. The van der Waals surface area contributed by atoms with Crippen LogP contribution in [0.5, 0.6) is 0 Å². The molecule has 0 aliphatic rings. The van der Waals surface area contributed by atoms with Gasteiger partial charge in [0.25, 0.3) is 0 Å². The molecular weight excluding hydrogens is 249 g/mol. The lowest BCUT2D eigenvalue weighted by Crippen LogP contribution is -2.01. The van der Waals surface area contributed by atoms with E-state index < -0.39 is 5.82 Å². The van der Waals surface area contributed by atoms with E-state index in [2.05, 4.69) is 20.6 Å². The van der Waals surface area contributed by atoms with E-state index >= 15 is 0 Å². The molecule has 0 saturated carbocycles. The SMILES string of the molecule is Cn1cc(-n2nnnc2-c2cc(F)ccc2N)cn1. The highest BCUT2D eigenvalue weighted by atomic mass is 19.1. The van der Waals surface area contributed by atoms with Gasteiger partial charge in [-0.25, -0.2) is 4.39 Å². The molecule has 3 rings (SSSR count). The van der Waals surface area contributed by atoms with Gasteiger partial charge in [0.2, 0.25) is 0 Å². The third kappa shape index (κ3) is 1.92. The van der Waals surface area contributed by atoms with Crippen LogP contribution >= 0.6 is 0 Å². The molecule has 2 aromatic heterocycles. The Kier molecular flexibility index (Phi) is 2.48. The Bertz CT molecular complexity index is 730. The lowest BCUT2D eigenvalue weighted by Gasteiger charge is -2.05. The summed E-state index contributed by atoms with van der Waals surface area (Å²) in [5, 5.41) is 15.4. The van der Waals surface area contributed by atoms with E-state index in [-0.39, 0.29) is 0 Å². The maximum Gasteiger partial charge on any atom is 0.189 e.